The Bertz CT molecular complexity index is 3760. The number of aromatic amines is 1. The Balaban J connectivity index is 0.000000165. The molecular formula is C81H97N9. The normalized spacial score (nSPS) is 10.8. The van der Waals surface area contributed by atoms with E-state index < -0.39 is 0 Å². The predicted octanol–water partition coefficient (Wildman–Crippen LogP) is 22.4. The number of fused-ring (bicyclic) bond motifs is 5. The minimum Gasteiger partial charge on any atom is -0.342 e. The minimum absolute atomic E-state index is 0.470. The SMILES string of the molecule is CC(C)c1cc2ccccc2cn1.CC(C)c1ccc2ccccc2n1.CC(C)c1ccccc1.CC(C)c1ccccn1.CC(C)c1cccnc1.CC(C)c1cn2ccccc2n1.CC(C)c1nc2ccccc2[nH]1.CC(C)c1nccc2ccccc12. The third kappa shape index (κ3) is 22.4. The number of H-pyrrole nitrogens is 1. The fourth-order valence-corrected chi connectivity index (χ4v) is 9.17. The van der Waals surface area contributed by atoms with Gasteiger partial charge in [0.25, 0.3) is 0 Å². The Hall–Kier alpha value is -9.21. The summed E-state index contributed by atoms with van der Waals surface area (Å²) in [5.74, 6) is 5.34. The van der Waals surface area contributed by atoms with E-state index in [4.69, 9.17) is 0 Å². The second-order valence-corrected chi connectivity index (χ2v) is 24.8. The van der Waals surface area contributed by atoms with Crippen LogP contribution in [0.4, 0.5) is 0 Å². The van der Waals surface area contributed by atoms with Gasteiger partial charge < -0.3 is 9.38 Å². The molecule has 0 fully saturated rings. The molecule has 8 heterocycles. The molecule has 0 saturated heterocycles. The summed E-state index contributed by atoms with van der Waals surface area (Å²) in [6.07, 6.45) is 13.5. The summed E-state index contributed by atoms with van der Waals surface area (Å²) in [5.41, 5.74) is 12.9. The van der Waals surface area contributed by atoms with Crippen LogP contribution in [0.2, 0.25) is 0 Å². The van der Waals surface area contributed by atoms with E-state index in [1.54, 1.807) is 6.20 Å². The predicted molar refractivity (Wildman–Crippen MR) is 384 cm³/mol. The lowest BCUT2D eigenvalue weighted by molar-refractivity contribution is 0.799. The highest BCUT2D eigenvalue weighted by Gasteiger charge is 2.08. The highest BCUT2D eigenvalue weighted by atomic mass is 15.0. The van der Waals surface area contributed by atoms with Crippen molar-refractivity contribution in [1.29, 1.82) is 0 Å². The Morgan fingerprint density at radius 2 is 0.922 bits per heavy atom. The fourth-order valence-electron chi connectivity index (χ4n) is 9.17. The van der Waals surface area contributed by atoms with E-state index >= 15 is 0 Å². The van der Waals surface area contributed by atoms with Crippen molar-refractivity contribution in [2.24, 2.45) is 0 Å². The second kappa shape index (κ2) is 36.3. The Labute approximate surface area is 537 Å². The molecule has 0 saturated carbocycles. The molecule has 5 aromatic carbocycles. The van der Waals surface area contributed by atoms with Crippen LogP contribution in [0.1, 0.15) is 204 Å². The minimum atomic E-state index is 0.470. The summed E-state index contributed by atoms with van der Waals surface area (Å²) in [6.45, 7) is 34.6. The molecule has 0 spiro atoms. The van der Waals surface area contributed by atoms with Crippen molar-refractivity contribution in [3.8, 4) is 0 Å². The van der Waals surface area contributed by atoms with Gasteiger partial charge in [0, 0.05) is 82.5 Å². The smallest absolute Gasteiger partial charge is 0.136 e. The van der Waals surface area contributed by atoms with Gasteiger partial charge in [-0.3, -0.25) is 24.9 Å². The number of aromatic nitrogens is 9. The fraction of sp³-hybridized carbons (Fsp3) is 0.296. The van der Waals surface area contributed by atoms with Crippen molar-refractivity contribution >= 4 is 49.1 Å². The molecule has 8 aromatic heterocycles. The van der Waals surface area contributed by atoms with E-state index in [1.165, 1.54) is 55.1 Å². The summed E-state index contributed by atoms with van der Waals surface area (Å²) >= 11 is 0. The Kier molecular flexibility index (Phi) is 28.2. The van der Waals surface area contributed by atoms with Crippen LogP contribution in [0.5, 0.6) is 0 Å². The number of nitrogens with one attached hydrogen (secondary N) is 1. The van der Waals surface area contributed by atoms with Crippen molar-refractivity contribution in [2.45, 2.75) is 158 Å². The first-order chi connectivity index (χ1) is 43.3. The van der Waals surface area contributed by atoms with Crippen LogP contribution in [0, 0.1) is 0 Å². The Morgan fingerprint density at radius 3 is 1.49 bits per heavy atom. The quantitative estimate of drug-likeness (QED) is 0.161. The van der Waals surface area contributed by atoms with E-state index in [0.29, 0.717) is 47.3 Å². The number of hydrogen-bond donors (Lipinski definition) is 1. The van der Waals surface area contributed by atoms with Gasteiger partial charge in [-0.1, -0.05) is 244 Å². The number of nitrogens with zero attached hydrogens (tertiary/aromatic N) is 8. The molecule has 0 bridgehead atoms. The molecule has 0 unspecified atom stereocenters. The van der Waals surface area contributed by atoms with E-state index in [9.17, 15) is 0 Å². The van der Waals surface area contributed by atoms with E-state index in [1.807, 2.05) is 122 Å². The third-order valence-corrected chi connectivity index (χ3v) is 14.7. The van der Waals surface area contributed by atoms with Gasteiger partial charge in [0.1, 0.15) is 11.5 Å². The highest BCUT2D eigenvalue weighted by molar-refractivity contribution is 5.85. The summed E-state index contributed by atoms with van der Waals surface area (Å²) in [7, 11) is 0. The van der Waals surface area contributed by atoms with Gasteiger partial charge in [0.2, 0.25) is 0 Å². The van der Waals surface area contributed by atoms with Crippen molar-refractivity contribution in [1.82, 2.24) is 44.3 Å². The lowest BCUT2D eigenvalue weighted by atomic mass is 10.0. The highest BCUT2D eigenvalue weighted by Crippen LogP contribution is 2.24. The second-order valence-electron chi connectivity index (χ2n) is 24.8. The van der Waals surface area contributed by atoms with Crippen LogP contribution < -0.4 is 0 Å². The average Bonchev–Trinajstić information content (AvgIpc) is 2.36. The van der Waals surface area contributed by atoms with E-state index in [-0.39, 0.29) is 0 Å². The number of benzene rings is 5. The maximum atomic E-state index is 4.57. The first-order valence-corrected chi connectivity index (χ1v) is 32.1. The maximum absolute atomic E-state index is 4.57. The molecule has 13 aromatic rings. The van der Waals surface area contributed by atoms with Crippen LogP contribution in [0.25, 0.3) is 49.1 Å². The monoisotopic (exact) mass is 1200 g/mol. The summed E-state index contributed by atoms with van der Waals surface area (Å²) in [4.78, 5) is 33.8. The largest absolute Gasteiger partial charge is 0.342 e. The molecule has 90 heavy (non-hydrogen) atoms. The molecule has 0 aliphatic carbocycles. The van der Waals surface area contributed by atoms with Gasteiger partial charge >= 0.3 is 0 Å². The number of para-hydroxylation sites is 3. The zero-order valence-electron chi connectivity index (χ0n) is 56.3. The zero-order valence-corrected chi connectivity index (χ0v) is 56.3. The average molecular weight is 1200 g/mol. The first-order valence-electron chi connectivity index (χ1n) is 32.1. The number of rotatable bonds is 8. The number of hydrogen-bond acceptors (Lipinski definition) is 7. The van der Waals surface area contributed by atoms with E-state index in [2.05, 4.69) is 270 Å². The molecule has 0 radical (unpaired) electrons. The van der Waals surface area contributed by atoms with Gasteiger partial charge in [-0.05, 0) is 130 Å². The van der Waals surface area contributed by atoms with E-state index in [0.717, 1.165) is 39.4 Å². The van der Waals surface area contributed by atoms with Crippen LogP contribution in [-0.4, -0.2) is 44.3 Å². The van der Waals surface area contributed by atoms with Crippen molar-refractivity contribution in [2.75, 3.05) is 0 Å². The van der Waals surface area contributed by atoms with Crippen LogP contribution >= 0.6 is 0 Å². The van der Waals surface area contributed by atoms with Gasteiger partial charge in [-0.15, -0.1) is 0 Å². The standard InChI is InChI=1S/3C12H13N.2C10H12N2.C9H12.2C8H11N/c1-9(2)12-7-10-5-3-4-6-11(10)8-13-12;1-9(2)11-8-7-10-5-3-4-6-12(10)13-11;1-9(2)12-11-6-4-3-5-10(11)7-8-13-12;1-8(2)9-7-12-6-4-3-5-10(12)11-9;1-7(2)10-11-8-5-3-4-6-9(8)12-10;1-8(2)9-6-4-3-5-7-9;1-7(2)8-4-3-5-9-6-8;1-7(2)8-5-3-4-6-9-8/h3*3-9H,1-2H3;3-8H,1-2H3;3-7H,1-2H3,(H,11,12);3-8H,1-2H3;2*3-7H,1-2H3. The van der Waals surface area contributed by atoms with Crippen LogP contribution in [-0.2, 0) is 0 Å². The molecule has 0 atom stereocenters. The number of imidazole rings is 2. The van der Waals surface area contributed by atoms with Gasteiger partial charge in [0.05, 0.1) is 27.9 Å². The van der Waals surface area contributed by atoms with Gasteiger partial charge in [-0.2, -0.15) is 0 Å². The molecule has 466 valence electrons. The molecular weight excluding hydrogens is 1100 g/mol. The van der Waals surface area contributed by atoms with Gasteiger partial charge in [-0.25, -0.2) is 9.97 Å². The third-order valence-electron chi connectivity index (χ3n) is 14.7. The van der Waals surface area contributed by atoms with Crippen molar-refractivity contribution in [3.63, 3.8) is 0 Å². The molecule has 9 heteroatoms. The van der Waals surface area contributed by atoms with Gasteiger partial charge in [0.15, 0.2) is 0 Å². The number of pyridine rings is 6. The van der Waals surface area contributed by atoms with Crippen molar-refractivity contribution < 1.29 is 0 Å². The lowest BCUT2D eigenvalue weighted by Gasteiger charge is -2.07. The summed E-state index contributed by atoms with van der Waals surface area (Å²) in [5, 5.41) is 6.26. The lowest BCUT2D eigenvalue weighted by Crippen LogP contribution is -1.92. The van der Waals surface area contributed by atoms with Crippen molar-refractivity contribution in [3.05, 3.63) is 289 Å². The van der Waals surface area contributed by atoms with Crippen LogP contribution in [0.3, 0.4) is 0 Å². The molecule has 0 aliphatic heterocycles. The summed E-state index contributed by atoms with van der Waals surface area (Å²) < 4.78 is 2.05. The maximum Gasteiger partial charge on any atom is 0.136 e. The molecule has 1 N–H and O–H groups in total. The Morgan fingerprint density at radius 1 is 0.333 bits per heavy atom. The molecule has 13 rings (SSSR count). The van der Waals surface area contributed by atoms with Crippen LogP contribution in [0.15, 0.2) is 244 Å². The molecule has 0 amide bonds. The zero-order chi connectivity index (χ0) is 65.0. The summed E-state index contributed by atoms with van der Waals surface area (Å²) in [6, 6.07) is 68.1. The molecule has 0 aliphatic rings. The first kappa shape index (κ1) is 69.9. The topological polar surface area (TPSA) is 110 Å². The molecule has 9 nitrogen and oxygen atoms in total.